The Kier molecular flexibility index (Phi) is 3.63. The normalized spacial score (nSPS) is 21.8. The van der Waals surface area contributed by atoms with E-state index in [-0.39, 0.29) is 17.2 Å². The molecular weight excluding hydrogens is 276 g/mol. The quantitative estimate of drug-likeness (QED) is 0.868. The number of aryl methyl sites for hydroxylation is 1. The highest BCUT2D eigenvalue weighted by Gasteiger charge is 2.28. The third kappa shape index (κ3) is 2.16. The molecule has 0 unspecified atom stereocenters. The summed E-state index contributed by atoms with van der Waals surface area (Å²) in [6.07, 6.45) is 0. The number of nitrogens with zero attached hydrogens (tertiary/aromatic N) is 3. The van der Waals surface area contributed by atoms with Gasteiger partial charge >= 0.3 is 0 Å². The highest BCUT2D eigenvalue weighted by Crippen LogP contribution is 2.30. The maximum Gasteiger partial charge on any atom is 0.270 e. The number of hydrogen-bond acceptors (Lipinski definition) is 4. The number of benzene rings is 1. The zero-order valence-corrected chi connectivity index (χ0v) is 13.1. The summed E-state index contributed by atoms with van der Waals surface area (Å²) in [6, 6.07) is 10.5. The van der Waals surface area contributed by atoms with Crippen LogP contribution in [0.5, 0.6) is 0 Å². The van der Waals surface area contributed by atoms with Crippen LogP contribution in [0.15, 0.2) is 29.1 Å². The topological polar surface area (TPSA) is 61.1 Å². The van der Waals surface area contributed by atoms with Crippen molar-refractivity contribution in [3.05, 3.63) is 40.2 Å². The standard InChI is InChI=1S/C17H20N4O/c1-11-10-21(12(2)9-19-11)16-13-6-4-5-7-15(13)20(3)17(22)14(16)8-18/h4-7,11-12,19H,9-10H2,1-3H3/t11-,12+/m1/s1. The molecule has 0 saturated carbocycles. The van der Waals surface area contributed by atoms with Crippen molar-refractivity contribution in [3.63, 3.8) is 0 Å². The molecule has 0 spiro atoms. The van der Waals surface area contributed by atoms with Gasteiger partial charge in [0.15, 0.2) is 0 Å². The number of hydrogen-bond donors (Lipinski definition) is 1. The molecule has 1 saturated heterocycles. The van der Waals surface area contributed by atoms with Gasteiger partial charge in [-0.2, -0.15) is 5.26 Å². The van der Waals surface area contributed by atoms with Crippen LogP contribution in [0.1, 0.15) is 19.4 Å². The number of anilines is 1. The second-order valence-electron chi connectivity index (χ2n) is 6.03. The van der Waals surface area contributed by atoms with Crippen LogP contribution >= 0.6 is 0 Å². The number of nitrogens with one attached hydrogen (secondary N) is 1. The molecule has 2 aromatic rings. The predicted octanol–water partition coefficient (Wildman–Crippen LogP) is 1.60. The van der Waals surface area contributed by atoms with Crippen LogP contribution in [0.4, 0.5) is 5.69 Å². The lowest BCUT2D eigenvalue weighted by Gasteiger charge is -2.40. The number of fused-ring (bicyclic) bond motifs is 1. The van der Waals surface area contributed by atoms with Gasteiger partial charge in [-0.15, -0.1) is 0 Å². The van der Waals surface area contributed by atoms with Crippen molar-refractivity contribution in [3.8, 4) is 6.07 Å². The number of piperazine rings is 1. The van der Waals surface area contributed by atoms with Crippen molar-refractivity contribution in [1.29, 1.82) is 5.26 Å². The summed E-state index contributed by atoms with van der Waals surface area (Å²) < 4.78 is 1.56. The molecule has 1 aliphatic heterocycles. The molecule has 2 atom stereocenters. The Morgan fingerprint density at radius 2 is 2.05 bits per heavy atom. The van der Waals surface area contributed by atoms with Crippen molar-refractivity contribution in [2.45, 2.75) is 25.9 Å². The van der Waals surface area contributed by atoms with Gasteiger partial charge < -0.3 is 14.8 Å². The molecule has 1 aromatic carbocycles. The molecule has 1 aliphatic rings. The first kappa shape index (κ1) is 14.6. The Balaban J connectivity index is 2.35. The molecule has 1 N–H and O–H groups in total. The average molecular weight is 296 g/mol. The summed E-state index contributed by atoms with van der Waals surface area (Å²) in [5.74, 6) is 0. The molecule has 0 aliphatic carbocycles. The van der Waals surface area contributed by atoms with E-state index in [2.05, 4.69) is 30.1 Å². The molecule has 2 heterocycles. The van der Waals surface area contributed by atoms with Crippen LogP contribution < -0.4 is 15.8 Å². The molecule has 1 aromatic heterocycles. The first-order valence-electron chi connectivity index (χ1n) is 7.56. The van der Waals surface area contributed by atoms with Crippen molar-refractivity contribution >= 4 is 16.6 Å². The van der Waals surface area contributed by atoms with Crippen LogP contribution in [0.3, 0.4) is 0 Å². The molecule has 0 amide bonds. The highest BCUT2D eigenvalue weighted by molar-refractivity contribution is 5.95. The first-order valence-corrected chi connectivity index (χ1v) is 7.56. The number of para-hydroxylation sites is 1. The third-order valence-electron chi connectivity index (χ3n) is 4.44. The van der Waals surface area contributed by atoms with Crippen molar-refractivity contribution in [2.75, 3.05) is 18.0 Å². The molecule has 1 fully saturated rings. The first-order chi connectivity index (χ1) is 10.5. The molecule has 22 heavy (non-hydrogen) atoms. The average Bonchev–Trinajstić information content (AvgIpc) is 2.53. The molecule has 3 rings (SSSR count). The fraction of sp³-hybridized carbons (Fsp3) is 0.412. The van der Waals surface area contributed by atoms with Gasteiger partial charge in [-0.25, -0.2) is 0 Å². The van der Waals surface area contributed by atoms with Gasteiger partial charge in [-0.3, -0.25) is 4.79 Å². The van der Waals surface area contributed by atoms with Crippen LogP contribution in [0.25, 0.3) is 10.9 Å². The Hall–Kier alpha value is -2.32. The van der Waals surface area contributed by atoms with Crippen molar-refractivity contribution < 1.29 is 0 Å². The van der Waals surface area contributed by atoms with E-state index < -0.39 is 0 Å². The van der Waals surface area contributed by atoms with E-state index in [4.69, 9.17) is 0 Å². The largest absolute Gasteiger partial charge is 0.364 e. The van der Waals surface area contributed by atoms with Gasteiger partial charge in [0.1, 0.15) is 11.6 Å². The fourth-order valence-electron chi connectivity index (χ4n) is 3.21. The van der Waals surface area contributed by atoms with Gasteiger partial charge in [0.25, 0.3) is 5.56 Å². The minimum atomic E-state index is -0.227. The Labute approximate surface area is 129 Å². The number of aromatic nitrogens is 1. The van der Waals surface area contributed by atoms with E-state index in [0.717, 1.165) is 29.7 Å². The van der Waals surface area contributed by atoms with Crippen LogP contribution in [0, 0.1) is 11.3 Å². The maximum atomic E-state index is 12.6. The Bertz CT molecular complexity index is 818. The van der Waals surface area contributed by atoms with E-state index in [9.17, 15) is 10.1 Å². The van der Waals surface area contributed by atoms with Crippen LogP contribution in [-0.4, -0.2) is 29.7 Å². The smallest absolute Gasteiger partial charge is 0.270 e. The van der Waals surface area contributed by atoms with Crippen molar-refractivity contribution in [2.24, 2.45) is 7.05 Å². The second kappa shape index (κ2) is 5.47. The minimum absolute atomic E-state index is 0.227. The minimum Gasteiger partial charge on any atom is -0.364 e. The van der Waals surface area contributed by atoms with E-state index in [0.29, 0.717) is 6.04 Å². The molecular formula is C17H20N4O. The zero-order chi connectivity index (χ0) is 15.9. The number of nitriles is 1. The van der Waals surface area contributed by atoms with Crippen molar-refractivity contribution in [1.82, 2.24) is 9.88 Å². The number of rotatable bonds is 1. The predicted molar refractivity (Wildman–Crippen MR) is 88.2 cm³/mol. The van der Waals surface area contributed by atoms with Gasteiger partial charge in [0, 0.05) is 37.6 Å². The SMILES string of the molecule is C[C@@H]1CN(c2c(C#N)c(=O)n(C)c3ccccc23)[C@@H](C)CN1. The third-order valence-corrected chi connectivity index (χ3v) is 4.44. The van der Waals surface area contributed by atoms with E-state index in [1.807, 2.05) is 24.3 Å². The summed E-state index contributed by atoms with van der Waals surface area (Å²) in [5.41, 5.74) is 1.65. The van der Waals surface area contributed by atoms with Gasteiger partial charge in [0.2, 0.25) is 0 Å². The summed E-state index contributed by atoms with van der Waals surface area (Å²) >= 11 is 0. The second-order valence-corrected chi connectivity index (χ2v) is 6.03. The molecule has 0 radical (unpaired) electrons. The van der Waals surface area contributed by atoms with E-state index in [1.54, 1.807) is 11.6 Å². The lowest BCUT2D eigenvalue weighted by molar-refractivity contribution is 0.425. The Morgan fingerprint density at radius 3 is 2.77 bits per heavy atom. The summed E-state index contributed by atoms with van der Waals surface area (Å²) in [4.78, 5) is 14.8. The van der Waals surface area contributed by atoms with Gasteiger partial charge in [0.05, 0.1) is 11.2 Å². The fourth-order valence-corrected chi connectivity index (χ4v) is 3.21. The summed E-state index contributed by atoms with van der Waals surface area (Å²) in [6.45, 7) is 5.86. The van der Waals surface area contributed by atoms with E-state index >= 15 is 0 Å². The van der Waals surface area contributed by atoms with E-state index in [1.165, 1.54) is 0 Å². The molecule has 114 valence electrons. The molecule has 0 bridgehead atoms. The lowest BCUT2D eigenvalue weighted by atomic mass is 10.0. The maximum absolute atomic E-state index is 12.6. The van der Waals surface area contributed by atoms with Crippen LogP contribution in [0.2, 0.25) is 0 Å². The lowest BCUT2D eigenvalue weighted by Crippen LogP contribution is -2.55. The zero-order valence-electron chi connectivity index (χ0n) is 13.1. The van der Waals surface area contributed by atoms with Gasteiger partial charge in [-0.1, -0.05) is 18.2 Å². The van der Waals surface area contributed by atoms with Gasteiger partial charge in [-0.05, 0) is 19.9 Å². The highest BCUT2D eigenvalue weighted by atomic mass is 16.1. The molecule has 5 nitrogen and oxygen atoms in total. The number of pyridine rings is 1. The summed E-state index contributed by atoms with van der Waals surface area (Å²) in [5, 5.41) is 14.0. The van der Waals surface area contributed by atoms with Crippen LogP contribution in [-0.2, 0) is 7.05 Å². The Morgan fingerprint density at radius 1 is 1.32 bits per heavy atom. The summed E-state index contributed by atoms with van der Waals surface area (Å²) in [7, 11) is 1.72. The monoisotopic (exact) mass is 296 g/mol. The molecule has 5 heteroatoms.